The molecule has 21 heavy (non-hydrogen) atoms. The second-order valence-corrected chi connectivity index (χ2v) is 4.70. The minimum atomic E-state index is -0.762. The average Bonchev–Trinajstić information content (AvgIpc) is 2.50. The van der Waals surface area contributed by atoms with E-state index in [1.54, 1.807) is 13.8 Å². The number of hydrogen-bond acceptors (Lipinski definition) is 3. The van der Waals surface area contributed by atoms with Gasteiger partial charge >= 0.3 is 5.97 Å². The Labute approximate surface area is 123 Å². The van der Waals surface area contributed by atoms with E-state index in [1.807, 2.05) is 30.3 Å². The number of halogens is 1. The number of hydrogen-bond donors (Lipinski definition) is 0. The van der Waals surface area contributed by atoms with Gasteiger partial charge in [-0.05, 0) is 43.7 Å². The van der Waals surface area contributed by atoms with Gasteiger partial charge in [-0.2, -0.15) is 0 Å². The molecule has 0 radical (unpaired) electrons. The van der Waals surface area contributed by atoms with Gasteiger partial charge in [0.05, 0.1) is 0 Å². The van der Waals surface area contributed by atoms with Crippen LogP contribution in [-0.4, -0.2) is 12.1 Å². The zero-order valence-electron chi connectivity index (χ0n) is 12.0. The first-order chi connectivity index (χ1) is 10.1. The Morgan fingerprint density at radius 2 is 1.62 bits per heavy atom. The quantitative estimate of drug-likeness (QED) is 0.783. The Balaban J connectivity index is 1.92. The van der Waals surface area contributed by atoms with Crippen molar-refractivity contribution < 1.29 is 18.7 Å². The molecule has 0 heterocycles. The predicted molar refractivity (Wildman–Crippen MR) is 77.4 cm³/mol. The van der Waals surface area contributed by atoms with Gasteiger partial charge in [0.15, 0.2) is 6.10 Å². The van der Waals surface area contributed by atoms with Crippen molar-refractivity contribution in [2.45, 2.75) is 26.1 Å². The van der Waals surface area contributed by atoms with Crippen molar-refractivity contribution >= 4 is 5.97 Å². The van der Waals surface area contributed by atoms with Crippen LogP contribution in [-0.2, 0) is 9.53 Å². The van der Waals surface area contributed by atoms with Crippen molar-refractivity contribution in [3.05, 3.63) is 66.0 Å². The van der Waals surface area contributed by atoms with Crippen LogP contribution >= 0.6 is 0 Å². The number of carbonyl (C=O) groups excluding carboxylic acids is 1. The number of benzene rings is 2. The lowest BCUT2D eigenvalue weighted by atomic mass is 10.1. The van der Waals surface area contributed by atoms with Gasteiger partial charge in [-0.25, -0.2) is 9.18 Å². The summed E-state index contributed by atoms with van der Waals surface area (Å²) in [7, 11) is 0. The minimum absolute atomic E-state index is 0.349. The van der Waals surface area contributed by atoms with Crippen LogP contribution < -0.4 is 4.74 Å². The Hall–Kier alpha value is -2.36. The second-order valence-electron chi connectivity index (χ2n) is 4.70. The Bertz CT molecular complexity index is 581. The molecule has 0 saturated carbocycles. The molecule has 2 aromatic carbocycles. The van der Waals surface area contributed by atoms with E-state index >= 15 is 0 Å². The van der Waals surface area contributed by atoms with Crippen LogP contribution in [0.4, 0.5) is 4.39 Å². The fourth-order valence-corrected chi connectivity index (χ4v) is 1.83. The van der Waals surface area contributed by atoms with Crippen molar-refractivity contribution in [1.82, 2.24) is 0 Å². The van der Waals surface area contributed by atoms with E-state index in [-0.39, 0.29) is 11.9 Å². The smallest absolute Gasteiger partial charge is 0.347 e. The summed E-state index contributed by atoms with van der Waals surface area (Å²) in [6.07, 6.45) is -1.11. The zero-order valence-corrected chi connectivity index (χ0v) is 12.0. The fraction of sp³-hybridized carbons (Fsp3) is 0.235. The molecule has 0 N–H and O–H groups in total. The van der Waals surface area contributed by atoms with Gasteiger partial charge in [0, 0.05) is 0 Å². The van der Waals surface area contributed by atoms with Crippen LogP contribution in [0.3, 0.4) is 0 Å². The monoisotopic (exact) mass is 288 g/mol. The van der Waals surface area contributed by atoms with E-state index in [0.717, 1.165) is 5.56 Å². The largest absolute Gasteiger partial charge is 0.479 e. The van der Waals surface area contributed by atoms with Crippen LogP contribution in [0, 0.1) is 5.82 Å². The molecule has 0 fully saturated rings. The molecule has 1 unspecified atom stereocenters. The first kappa shape index (κ1) is 15.0. The van der Waals surface area contributed by atoms with Gasteiger partial charge in [0.2, 0.25) is 0 Å². The molecule has 0 aliphatic carbocycles. The lowest BCUT2D eigenvalue weighted by molar-refractivity contribution is -0.156. The van der Waals surface area contributed by atoms with Crippen molar-refractivity contribution in [3.63, 3.8) is 0 Å². The first-order valence-corrected chi connectivity index (χ1v) is 6.74. The van der Waals surface area contributed by atoms with Crippen LogP contribution in [0.5, 0.6) is 5.75 Å². The second kappa shape index (κ2) is 6.88. The maximum atomic E-state index is 12.8. The van der Waals surface area contributed by atoms with Crippen molar-refractivity contribution in [1.29, 1.82) is 0 Å². The predicted octanol–water partition coefficient (Wildman–Crippen LogP) is 3.90. The molecule has 0 amide bonds. The molecule has 0 aliphatic heterocycles. The highest BCUT2D eigenvalue weighted by atomic mass is 19.1. The molecule has 2 atom stereocenters. The fourth-order valence-electron chi connectivity index (χ4n) is 1.83. The molecule has 0 saturated heterocycles. The summed E-state index contributed by atoms with van der Waals surface area (Å²) in [5, 5.41) is 0. The average molecular weight is 288 g/mol. The normalized spacial score (nSPS) is 13.3. The molecule has 2 aromatic rings. The molecule has 4 heteroatoms. The third-order valence-electron chi connectivity index (χ3n) is 3.02. The summed E-state index contributed by atoms with van der Waals surface area (Å²) in [5.41, 5.74) is 0.917. The lowest BCUT2D eigenvalue weighted by Crippen LogP contribution is -2.27. The van der Waals surface area contributed by atoms with Gasteiger partial charge in [0.1, 0.15) is 17.7 Å². The van der Waals surface area contributed by atoms with E-state index < -0.39 is 12.1 Å². The number of carbonyl (C=O) groups is 1. The molecular formula is C17H17FO3. The molecule has 0 bridgehead atoms. The molecule has 110 valence electrons. The highest BCUT2D eigenvalue weighted by Crippen LogP contribution is 2.18. The number of rotatable bonds is 5. The maximum absolute atomic E-state index is 12.8. The maximum Gasteiger partial charge on any atom is 0.347 e. The SMILES string of the molecule is CC(OC(=O)[C@@H](C)Oc1ccc(F)cc1)c1ccccc1. The van der Waals surface area contributed by atoms with E-state index in [9.17, 15) is 9.18 Å². The van der Waals surface area contributed by atoms with Gasteiger partial charge < -0.3 is 9.47 Å². The Morgan fingerprint density at radius 1 is 1.00 bits per heavy atom. The highest BCUT2D eigenvalue weighted by Gasteiger charge is 2.19. The third-order valence-corrected chi connectivity index (χ3v) is 3.02. The van der Waals surface area contributed by atoms with Gasteiger partial charge in [-0.15, -0.1) is 0 Å². The molecule has 0 spiro atoms. The Morgan fingerprint density at radius 3 is 2.24 bits per heavy atom. The highest BCUT2D eigenvalue weighted by molar-refractivity contribution is 5.74. The van der Waals surface area contributed by atoms with Gasteiger partial charge in [0.25, 0.3) is 0 Å². The Kier molecular flexibility index (Phi) is 4.93. The van der Waals surface area contributed by atoms with Crippen LogP contribution in [0.2, 0.25) is 0 Å². The van der Waals surface area contributed by atoms with Crippen LogP contribution in [0.15, 0.2) is 54.6 Å². The van der Waals surface area contributed by atoms with E-state index in [0.29, 0.717) is 5.75 Å². The molecular weight excluding hydrogens is 271 g/mol. The molecule has 0 aromatic heterocycles. The summed E-state index contributed by atoms with van der Waals surface area (Å²) < 4.78 is 23.6. The van der Waals surface area contributed by atoms with E-state index in [1.165, 1.54) is 24.3 Å². The topological polar surface area (TPSA) is 35.5 Å². The molecule has 0 aliphatic rings. The summed E-state index contributed by atoms with van der Waals surface area (Å²) in [4.78, 5) is 12.0. The van der Waals surface area contributed by atoms with Crippen molar-refractivity contribution in [3.8, 4) is 5.75 Å². The summed E-state index contributed by atoms with van der Waals surface area (Å²) >= 11 is 0. The minimum Gasteiger partial charge on any atom is -0.479 e. The number of ether oxygens (including phenoxy) is 2. The summed E-state index contributed by atoms with van der Waals surface area (Å²) in [6, 6.07) is 15.0. The first-order valence-electron chi connectivity index (χ1n) is 6.74. The van der Waals surface area contributed by atoms with Crippen molar-refractivity contribution in [2.75, 3.05) is 0 Å². The standard InChI is InChI=1S/C17H17FO3/c1-12(14-6-4-3-5-7-14)21-17(19)13(2)20-16-10-8-15(18)9-11-16/h3-13H,1-2H3/t12?,13-/m1/s1. The summed E-state index contributed by atoms with van der Waals surface area (Å²) in [6.45, 7) is 3.40. The molecule has 3 nitrogen and oxygen atoms in total. The molecule has 2 rings (SSSR count). The lowest BCUT2D eigenvalue weighted by Gasteiger charge is -2.18. The van der Waals surface area contributed by atoms with Crippen LogP contribution in [0.25, 0.3) is 0 Å². The van der Waals surface area contributed by atoms with Gasteiger partial charge in [-0.1, -0.05) is 30.3 Å². The van der Waals surface area contributed by atoms with Gasteiger partial charge in [-0.3, -0.25) is 0 Å². The zero-order chi connectivity index (χ0) is 15.2. The third kappa shape index (κ3) is 4.31. The van der Waals surface area contributed by atoms with E-state index in [4.69, 9.17) is 9.47 Å². The number of esters is 1. The summed E-state index contributed by atoms with van der Waals surface area (Å²) in [5.74, 6) is -0.390. The van der Waals surface area contributed by atoms with E-state index in [2.05, 4.69) is 0 Å². The van der Waals surface area contributed by atoms with Crippen LogP contribution in [0.1, 0.15) is 25.5 Å². The van der Waals surface area contributed by atoms with Crippen molar-refractivity contribution in [2.24, 2.45) is 0 Å².